The number of benzene rings is 7. The van der Waals surface area contributed by atoms with Gasteiger partial charge in [-0.15, -0.1) is 0 Å². The standard InChI is InChI=1S/C59H56N2/c1-55-28-30-56(2,31-29-55)53-36-43(24-26-51(53)55)41-14-11-20-47(34-41)60(45-16-7-5-8-17-45)49-22-13-23-50(38-49)61(46-18-9-6-10-19-46)48-21-12-15-42(35-48)44-25-27-52-54(37-44)57(3)32-33-59(39-57)40-58(52,59)4/h5-27,34-38H,28-33,39-40H2,1-4H3. The molecule has 0 heterocycles. The lowest BCUT2D eigenvalue weighted by atomic mass is 9.52. The minimum Gasteiger partial charge on any atom is -0.310 e. The van der Waals surface area contributed by atoms with E-state index in [9.17, 15) is 0 Å². The van der Waals surface area contributed by atoms with Crippen molar-refractivity contribution in [1.82, 2.24) is 0 Å². The number of para-hydroxylation sites is 2. The molecule has 0 amide bonds. The summed E-state index contributed by atoms with van der Waals surface area (Å²) in [6.45, 7) is 10.1. The van der Waals surface area contributed by atoms with Gasteiger partial charge in [-0.1, -0.05) is 131 Å². The van der Waals surface area contributed by atoms with Crippen LogP contribution in [-0.2, 0) is 21.7 Å². The Hall–Kier alpha value is -5.86. The molecule has 3 saturated carbocycles. The number of nitrogens with zero attached hydrogens (tertiary/aromatic N) is 2. The first-order chi connectivity index (χ1) is 29.6. The Balaban J connectivity index is 0.938. The first kappa shape index (κ1) is 36.9. The average molecular weight is 793 g/mol. The summed E-state index contributed by atoms with van der Waals surface area (Å²) in [5.41, 5.74) is 20.1. The van der Waals surface area contributed by atoms with E-state index in [1.807, 2.05) is 0 Å². The van der Waals surface area contributed by atoms with Crippen molar-refractivity contribution in [3.05, 3.63) is 192 Å². The van der Waals surface area contributed by atoms with Gasteiger partial charge in [-0.25, -0.2) is 0 Å². The zero-order chi connectivity index (χ0) is 41.2. The van der Waals surface area contributed by atoms with E-state index in [1.165, 1.54) is 73.6 Å². The second-order valence-corrected chi connectivity index (χ2v) is 20.6. The highest BCUT2D eigenvalue weighted by Gasteiger charge is 2.72. The number of fused-ring (bicyclic) bond motifs is 6. The van der Waals surface area contributed by atoms with Crippen LogP contribution in [0.25, 0.3) is 22.3 Å². The number of rotatable bonds is 8. The zero-order valence-corrected chi connectivity index (χ0v) is 36.2. The quantitative estimate of drug-likeness (QED) is 0.151. The van der Waals surface area contributed by atoms with Crippen LogP contribution < -0.4 is 9.80 Å². The molecule has 6 aliphatic rings. The van der Waals surface area contributed by atoms with Gasteiger partial charge in [0.2, 0.25) is 0 Å². The minimum absolute atomic E-state index is 0.276. The van der Waals surface area contributed by atoms with E-state index in [1.54, 1.807) is 22.3 Å². The third-order valence-corrected chi connectivity index (χ3v) is 16.9. The molecule has 7 aromatic rings. The Kier molecular flexibility index (Phi) is 7.92. The summed E-state index contributed by atoms with van der Waals surface area (Å²) >= 11 is 0. The molecule has 0 N–H and O–H groups in total. The second kappa shape index (κ2) is 13.1. The number of hydrogen-bond acceptors (Lipinski definition) is 2. The summed E-state index contributed by atoms with van der Waals surface area (Å²) in [6, 6.07) is 64.0. The maximum Gasteiger partial charge on any atom is 0.0482 e. The van der Waals surface area contributed by atoms with Crippen LogP contribution in [0.15, 0.2) is 170 Å². The van der Waals surface area contributed by atoms with E-state index in [-0.39, 0.29) is 10.8 Å². The molecule has 0 radical (unpaired) electrons. The first-order valence-corrected chi connectivity index (χ1v) is 22.9. The summed E-state index contributed by atoms with van der Waals surface area (Å²) in [5, 5.41) is 0. The van der Waals surface area contributed by atoms with Crippen LogP contribution in [0.4, 0.5) is 34.1 Å². The fourth-order valence-corrected chi connectivity index (χ4v) is 13.1. The summed E-state index contributed by atoms with van der Waals surface area (Å²) in [5.74, 6) is 0. The first-order valence-electron chi connectivity index (χ1n) is 22.9. The fourth-order valence-electron chi connectivity index (χ4n) is 13.1. The maximum atomic E-state index is 2.56. The van der Waals surface area contributed by atoms with Gasteiger partial charge in [0.1, 0.15) is 0 Å². The van der Waals surface area contributed by atoms with Crippen molar-refractivity contribution in [3.63, 3.8) is 0 Å². The monoisotopic (exact) mass is 792 g/mol. The van der Waals surface area contributed by atoms with Gasteiger partial charge in [0.15, 0.2) is 0 Å². The molecule has 7 aromatic carbocycles. The van der Waals surface area contributed by atoms with Crippen LogP contribution in [0.1, 0.15) is 101 Å². The molecule has 3 unspecified atom stereocenters. The lowest BCUT2D eigenvalue weighted by molar-refractivity contribution is 0.188. The molecule has 3 atom stereocenters. The van der Waals surface area contributed by atoms with Crippen molar-refractivity contribution in [3.8, 4) is 22.3 Å². The van der Waals surface area contributed by atoms with Gasteiger partial charge in [0, 0.05) is 34.1 Å². The van der Waals surface area contributed by atoms with Crippen molar-refractivity contribution in [1.29, 1.82) is 0 Å². The molecule has 13 rings (SSSR count). The van der Waals surface area contributed by atoms with Crippen LogP contribution in [0.2, 0.25) is 0 Å². The SMILES string of the molecule is CC12CCC(C)(CC1)c1cc(-c3cccc(N(c4ccccc4)c4cccc(N(c5ccccc5)c5cccc(-c6ccc7c(c6)C6(C)CCC8(C6)CC78C)c5)c4)c3)ccc12. The van der Waals surface area contributed by atoms with Crippen molar-refractivity contribution in [2.45, 2.75) is 101 Å². The summed E-state index contributed by atoms with van der Waals surface area (Å²) in [4.78, 5) is 4.84. The predicted octanol–water partition coefficient (Wildman–Crippen LogP) is 16.2. The van der Waals surface area contributed by atoms with E-state index in [4.69, 9.17) is 0 Å². The molecule has 0 aromatic heterocycles. The number of anilines is 6. The van der Waals surface area contributed by atoms with E-state index in [2.05, 4.69) is 207 Å². The smallest absolute Gasteiger partial charge is 0.0482 e. The van der Waals surface area contributed by atoms with Crippen LogP contribution >= 0.6 is 0 Å². The van der Waals surface area contributed by atoms with Gasteiger partial charge >= 0.3 is 0 Å². The van der Waals surface area contributed by atoms with Crippen LogP contribution in [0.3, 0.4) is 0 Å². The number of hydrogen-bond donors (Lipinski definition) is 0. The second-order valence-electron chi connectivity index (χ2n) is 20.6. The molecule has 3 fully saturated rings. The highest BCUT2D eigenvalue weighted by atomic mass is 15.2. The zero-order valence-electron chi connectivity index (χ0n) is 36.2. The summed E-state index contributed by atoms with van der Waals surface area (Å²) < 4.78 is 0. The maximum absolute atomic E-state index is 2.56. The Morgan fingerprint density at radius 3 is 1.26 bits per heavy atom. The largest absolute Gasteiger partial charge is 0.310 e. The van der Waals surface area contributed by atoms with Crippen LogP contribution in [0.5, 0.6) is 0 Å². The molecule has 61 heavy (non-hydrogen) atoms. The van der Waals surface area contributed by atoms with Crippen LogP contribution in [-0.4, -0.2) is 0 Å². The molecule has 302 valence electrons. The molecule has 1 spiro atoms. The van der Waals surface area contributed by atoms with E-state index >= 15 is 0 Å². The molecule has 0 aliphatic heterocycles. The Labute approximate surface area is 362 Å². The molecule has 2 nitrogen and oxygen atoms in total. The van der Waals surface area contributed by atoms with Gasteiger partial charge < -0.3 is 9.80 Å². The van der Waals surface area contributed by atoms with Crippen molar-refractivity contribution in [2.24, 2.45) is 5.41 Å². The summed E-state index contributed by atoms with van der Waals surface area (Å²) in [6.07, 6.45) is 10.6. The predicted molar refractivity (Wildman–Crippen MR) is 255 cm³/mol. The normalized spacial score (nSPS) is 27.5. The fraction of sp³-hybridized carbons (Fsp3) is 0.288. The lowest BCUT2D eigenvalue weighted by Gasteiger charge is -2.52. The van der Waals surface area contributed by atoms with Crippen molar-refractivity contribution < 1.29 is 0 Å². The minimum atomic E-state index is 0.276. The Morgan fingerprint density at radius 1 is 0.311 bits per heavy atom. The van der Waals surface area contributed by atoms with Crippen molar-refractivity contribution in [2.75, 3.05) is 9.80 Å². The Morgan fingerprint density at radius 2 is 0.721 bits per heavy atom. The van der Waals surface area contributed by atoms with Crippen LogP contribution in [0, 0.1) is 5.41 Å². The Bertz CT molecular complexity index is 2850. The van der Waals surface area contributed by atoms with E-state index < -0.39 is 0 Å². The molecule has 6 aliphatic carbocycles. The molecule has 4 bridgehead atoms. The van der Waals surface area contributed by atoms with Gasteiger partial charge in [-0.3, -0.25) is 0 Å². The molecular formula is C59H56N2. The highest BCUT2D eigenvalue weighted by Crippen LogP contribution is 2.79. The van der Waals surface area contributed by atoms with E-state index in [0.29, 0.717) is 16.2 Å². The molecule has 0 saturated heterocycles. The summed E-state index contributed by atoms with van der Waals surface area (Å²) in [7, 11) is 0. The lowest BCUT2D eigenvalue weighted by Crippen LogP contribution is -2.44. The molecule has 2 heteroatoms. The van der Waals surface area contributed by atoms with Gasteiger partial charge in [0.05, 0.1) is 0 Å². The van der Waals surface area contributed by atoms with Gasteiger partial charge in [-0.05, 0) is 190 Å². The van der Waals surface area contributed by atoms with Crippen molar-refractivity contribution >= 4 is 34.1 Å². The topological polar surface area (TPSA) is 6.48 Å². The van der Waals surface area contributed by atoms with Gasteiger partial charge in [-0.2, -0.15) is 0 Å². The molecular weight excluding hydrogens is 737 g/mol. The van der Waals surface area contributed by atoms with E-state index in [0.717, 1.165) is 34.1 Å². The third-order valence-electron chi connectivity index (χ3n) is 16.9. The third kappa shape index (κ3) is 5.60. The van der Waals surface area contributed by atoms with Gasteiger partial charge in [0.25, 0.3) is 0 Å². The highest BCUT2D eigenvalue weighted by molar-refractivity contribution is 5.86. The average Bonchev–Trinajstić information content (AvgIpc) is 3.77.